The molecule has 1 saturated carbocycles. The van der Waals surface area contributed by atoms with Gasteiger partial charge >= 0.3 is 12.0 Å². The molecule has 0 aromatic heterocycles. The molecule has 5 heteroatoms. The molecule has 1 saturated heterocycles. The van der Waals surface area contributed by atoms with Gasteiger partial charge in [-0.2, -0.15) is 0 Å². The Morgan fingerprint density at radius 3 is 2.58 bits per heavy atom. The third kappa shape index (κ3) is 3.01. The van der Waals surface area contributed by atoms with E-state index in [9.17, 15) is 14.7 Å². The van der Waals surface area contributed by atoms with Gasteiger partial charge in [0, 0.05) is 19.6 Å². The Morgan fingerprint density at radius 2 is 2.05 bits per heavy atom. The zero-order valence-corrected chi connectivity index (χ0v) is 11.7. The van der Waals surface area contributed by atoms with E-state index in [2.05, 4.69) is 12.2 Å². The summed E-state index contributed by atoms with van der Waals surface area (Å²) in [6.07, 6.45) is 5.42. The Hall–Kier alpha value is -1.26. The molecule has 1 heterocycles. The largest absolute Gasteiger partial charge is 0.481 e. The summed E-state index contributed by atoms with van der Waals surface area (Å²) >= 11 is 0. The summed E-state index contributed by atoms with van der Waals surface area (Å²) < 4.78 is 0. The zero-order valence-electron chi connectivity index (χ0n) is 11.7. The van der Waals surface area contributed by atoms with Gasteiger partial charge in [-0.1, -0.05) is 26.2 Å². The third-order valence-electron chi connectivity index (χ3n) is 4.74. The number of likely N-dealkylation sites (tertiary alicyclic amines) is 1. The first-order valence-corrected chi connectivity index (χ1v) is 7.33. The van der Waals surface area contributed by atoms with Crippen LogP contribution in [0.25, 0.3) is 0 Å². The number of hydrogen-bond donors (Lipinski definition) is 2. The summed E-state index contributed by atoms with van der Waals surface area (Å²) in [6, 6.07) is -0.0940. The zero-order chi connectivity index (χ0) is 13.9. The van der Waals surface area contributed by atoms with Crippen LogP contribution in [0, 0.1) is 11.3 Å². The van der Waals surface area contributed by atoms with Crippen LogP contribution in [-0.4, -0.2) is 41.6 Å². The number of hydrogen-bond acceptors (Lipinski definition) is 2. The predicted molar refractivity (Wildman–Crippen MR) is 71.9 cm³/mol. The maximum atomic E-state index is 12.1. The van der Waals surface area contributed by atoms with E-state index >= 15 is 0 Å². The topological polar surface area (TPSA) is 69.6 Å². The van der Waals surface area contributed by atoms with Gasteiger partial charge in [0.15, 0.2) is 0 Å². The van der Waals surface area contributed by atoms with Crippen molar-refractivity contribution in [2.45, 2.75) is 45.4 Å². The first-order chi connectivity index (χ1) is 9.07. The summed E-state index contributed by atoms with van der Waals surface area (Å²) in [4.78, 5) is 25.3. The fourth-order valence-electron chi connectivity index (χ4n) is 3.22. The Balaban J connectivity index is 1.84. The molecule has 19 heavy (non-hydrogen) atoms. The number of nitrogens with zero attached hydrogens (tertiary/aromatic N) is 1. The molecule has 0 radical (unpaired) electrons. The lowest BCUT2D eigenvalue weighted by Crippen LogP contribution is -2.46. The van der Waals surface area contributed by atoms with Gasteiger partial charge in [-0.05, 0) is 25.2 Å². The van der Waals surface area contributed by atoms with Gasteiger partial charge in [0.2, 0.25) is 0 Å². The molecule has 0 aromatic rings. The number of rotatable bonds is 4. The maximum Gasteiger partial charge on any atom is 0.317 e. The first-order valence-electron chi connectivity index (χ1n) is 7.33. The quantitative estimate of drug-likeness (QED) is 0.820. The average molecular weight is 268 g/mol. The molecule has 2 aliphatic rings. The van der Waals surface area contributed by atoms with Crippen LogP contribution in [0.4, 0.5) is 4.79 Å². The summed E-state index contributed by atoms with van der Waals surface area (Å²) in [7, 11) is 0. The van der Waals surface area contributed by atoms with Crippen LogP contribution in [-0.2, 0) is 4.79 Å². The van der Waals surface area contributed by atoms with Crippen molar-refractivity contribution < 1.29 is 14.7 Å². The first kappa shape index (κ1) is 14.2. The van der Waals surface area contributed by atoms with Crippen molar-refractivity contribution in [1.29, 1.82) is 0 Å². The minimum Gasteiger partial charge on any atom is -0.481 e. The lowest BCUT2D eigenvalue weighted by Gasteiger charge is -2.26. The Bertz CT molecular complexity index is 351. The van der Waals surface area contributed by atoms with Crippen molar-refractivity contribution in [2.75, 3.05) is 19.6 Å². The highest BCUT2D eigenvalue weighted by atomic mass is 16.4. The van der Waals surface area contributed by atoms with Crippen molar-refractivity contribution in [3.05, 3.63) is 0 Å². The standard InChI is InChI=1S/C14H24N2O3/c1-2-11-5-8-16(9-11)13(19)15-10-14(12(17)18)6-3-4-7-14/h11H,2-10H2,1H3,(H,15,19)(H,17,18). The van der Waals surface area contributed by atoms with Crippen LogP contribution >= 0.6 is 0 Å². The van der Waals surface area contributed by atoms with Crippen LogP contribution < -0.4 is 5.32 Å². The highest BCUT2D eigenvalue weighted by Crippen LogP contribution is 2.37. The molecule has 2 fully saturated rings. The van der Waals surface area contributed by atoms with Crippen LogP contribution in [0.1, 0.15) is 45.4 Å². The average Bonchev–Trinajstić information content (AvgIpc) is 3.05. The van der Waals surface area contributed by atoms with Crippen molar-refractivity contribution in [2.24, 2.45) is 11.3 Å². The molecule has 0 spiro atoms. The number of aliphatic carboxylic acids is 1. The lowest BCUT2D eigenvalue weighted by atomic mass is 9.86. The molecule has 2 amide bonds. The third-order valence-corrected chi connectivity index (χ3v) is 4.74. The van der Waals surface area contributed by atoms with Gasteiger partial charge in [-0.3, -0.25) is 4.79 Å². The number of amides is 2. The highest BCUT2D eigenvalue weighted by Gasteiger charge is 2.41. The van der Waals surface area contributed by atoms with Crippen molar-refractivity contribution in [1.82, 2.24) is 10.2 Å². The summed E-state index contributed by atoms with van der Waals surface area (Å²) in [5.41, 5.74) is -0.723. The van der Waals surface area contributed by atoms with Gasteiger partial charge in [0.25, 0.3) is 0 Å². The molecular formula is C14H24N2O3. The number of carboxylic acid groups (broad SMARTS) is 1. The van der Waals surface area contributed by atoms with Crippen LogP contribution in [0.15, 0.2) is 0 Å². The fourth-order valence-corrected chi connectivity index (χ4v) is 3.22. The van der Waals surface area contributed by atoms with Crippen LogP contribution in [0.5, 0.6) is 0 Å². The monoisotopic (exact) mass is 268 g/mol. The number of carbonyl (C=O) groups excluding carboxylic acids is 1. The predicted octanol–water partition coefficient (Wildman–Crippen LogP) is 2.07. The Kier molecular flexibility index (Phi) is 4.32. The van der Waals surface area contributed by atoms with Gasteiger partial charge in [-0.25, -0.2) is 4.79 Å². The van der Waals surface area contributed by atoms with Crippen molar-refractivity contribution in [3.63, 3.8) is 0 Å². The summed E-state index contributed by atoms with van der Waals surface area (Å²) in [6.45, 7) is 4.02. The van der Waals surface area contributed by atoms with E-state index in [-0.39, 0.29) is 12.6 Å². The Labute approximate surface area is 114 Å². The minimum atomic E-state index is -0.766. The molecule has 0 bridgehead atoms. The second-order valence-corrected chi connectivity index (χ2v) is 5.96. The van der Waals surface area contributed by atoms with Gasteiger partial charge in [-0.15, -0.1) is 0 Å². The highest BCUT2D eigenvalue weighted by molar-refractivity contribution is 5.78. The molecule has 108 valence electrons. The second kappa shape index (κ2) is 5.80. The van der Waals surface area contributed by atoms with E-state index in [0.29, 0.717) is 18.8 Å². The number of urea groups is 1. The summed E-state index contributed by atoms with van der Waals surface area (Å²) in [5, 5.41) is 12.2. The molecule has 1 aliphatic heterocycles. The summed E-state index contributed by atoms with van der Waals surface area (Å²) in [5.74, 6) is -0.163. The van der Waals surface area contributed by atoms with Gasteiger partial charge < -0.3 is 15.3 Å². The smallest absolute Gasteiger partial charge is 0.317 e. The van der Waals surface area contributed by atoms with E-state index in [1.807, 2.05) is 4.90 Å². The molecule has 1 unspecified atom stereocenters. The van der Waals surface area contributed by atoms with E-state index < -0.39 is 11.4 Å². The van der Waals surface area contributed by atoms with Crippen molar-refractivity contribution in [3.8, 4) is 0 Å². The second-order valence-electron chi connectivity index (χ2n) is 5.96. The van der Waals surface area contributed by atoms with E-state index in [0.717, 1.165) is 38.8 Å². The lowest BCUT2D eigenvalue weighted by molar-refractivity contribution is -0.148. The number of carboxylic acids is 1. The van der Waals surface area contributed by atoms with Gasteiger partial charge in [0.1, 0.15) is 0 Å². The Morgan fingerprint density at radius 1 is 1.37 bits per heavy atom. The molecule has 5 nitrogen and oxygen atoms in total. The SMILES string of the molecule is CCC1CCN(C(=O)NCC2(C(=O)O)CCCC2)C1. The van der Waals surface area contributed by atoms with Crippen molar-refractivity contribution >= 4 is 12.0 Å². The van der Waals surface area contributed by atoms with E-state index in [4.69, 9.17) is 0 Å². The van der Waals surface area contributed by atoms with E-state index in [1.54, 1.807) is 0 Å². The number of carbonyl (C=O) groups is 2. The van der Waals surface area contributed by atoms with Crippen LogP contribution in [0.3, 0.4) is 0 Å². The molecule has 2 N–H and O–H groups in total. The molecule has 1 atom stereocenters. The molecule has 0 aromatic carbocycles. The molecule has 1 aliphatic carbocycles. The number of nitrogens with one attached hydrogen (secondary N) is 1. The van der Waals surface area contributed by atoms with Gasteiger partial charge in [0.05, 0.1) is 5.41 Å². The normalized spacial score (nSPS) is 25.5. The van der Waals surface area contributed by atoms with Crippen LogP contribution in [0.2, 0.25) is 0 Å². The molecular weight excluding hydrogens is 244 g/mol. The molecule has 2 rings (SSSR count). The maximum absolute atomic E-state index is 12.1. The fraction of sp³-hybridized carbons (Fsp3) is 0.857. The van der Waals surface area contributed by atoms with E-state index in [1.165, 1.54) is 0 Å². The minimum absolute atomic E-state index is 0.0940.